The summed E-state index contributed by atoms with van der Waals surface area (Å²) in [5.41, 5.74) is 0. The third-order valence-corrected chi connectivity index (χ3v) is 4.22. The quantitative estimate of drug-likeness (QED) is 0.870. The van der Waals surface area contributed by atoms with Gasteiger partial charge in [0.1, 0.15) is 12.1 Å². The second kappa shape index (κ2) is 6.44. The smallest absolute Gasteiger partial charge is 0.245 e. The first kappa shape index (κ1) is 15.6. The monoisotopic (exact) mass is 318 g/mol. The fourth-order valence-corrected chi connectivity index (χ4v) is 3.03. The van der Waals surface area contributed by atoms with Gasteiger partial charge in [0.15, 0.2) is 11.6 Å². The van der Waals surface area contributed by atoms with Gasteiger partial charge in [-0.3, -0.25) is 9.59 Å². The minimum absolute atomic E-state index is 0.000898. The van der Waals surface area contributed by atoms with Crippen LogP contribution in [0.1, 0.15) is 19.3 Å². The van der Waals surface area contributed by atoms with E-state index in [1.807, 2.05) is 31.1 Å². The van der Waals surface area contributed by atoms with Crippen LogP contribution in [0.4, 0.5) is 5.82 Å². The number of likely N-dealkylation sites (tertiary alicyclic amines) is 1. The molecule has 1 aromatic rings. The van der Waals surface area contributed by atoms with Crippen molar-refractivity contribution < 1.29 is 14.3 Å². The second-order valence-corrected chi connectivity index (χ2v) is 6.19. The van der Waals surface area contributed by atoms with Crippen LogP contribution in [0.15, 0.2) is 18.3 Å². The van der Waals surface area contributed by atoms with E-state index in [1.165, 1.54) is 0 Å². The summed E-state index contributed by atoms with van der Waals surface area (Å²) in [7, 11) is 3.84. The normalized spacial score (nSPS) is 23.7. The maximum Gasteiger partial charge on any atom is 0.245 e. The first-order valence-corrected chi connectivity index (χ1v) is 7.91. The van der Waals surface area contributed by atoms with E-state index in [-0.39, 0.29) is 24.0 Å². The molecule has 0 bridgehead atoms. The Morgan fingerprint density at radius 2 is 2.26 bits per heavy atom. The van der Waals surface area contributed by atoms with Crippen molar-refractivity contribution in [3.05, 3.63) is 18.3 Å². The molecule has 0 radical (unpaired) electrons. The zero-order valence-corrected chi connectivity index (χ0v) is 13.5. The van der Waals surface area contributed by atoms with Gasteiger partial charge >= 0.3 is 0 Å². The summed E-state index contributed by atoms with van der Waals surface area (Å²) in [4.78, 5) is 31.7. The number of ether oxygens (including phenoxy) is 1. The topological polar surface area (TPSA) is 74.8 Å². The van der Waals surface area contributed by atoms with Crippen LogP contribution in [0, 0.1) is 0 Å². The maximum absolute atomic E-state index is 12.4. The van der Waals surface area contributed by atoms with E-state index < -0.39 is 0 Å². The Balaban J connectivity index is 1.60. The highest BCUT2D eigenvalue weighted by Gasteiger charge is 2.35. The third-order valence-electron chi connectivity index (χ3n) is 4.22. The van der Waals surface area contributed by atoms with Crippen LogP contribution in [0.5, 0.6) is 5.75 Å². The van der Waals surface area contributed by atoms with E-state index in [0.29, 0.717) is 25.9 Å². The number of aromatic nitrogens is 1. The summed E-state index contributed by atoms with van der Waals surface area (Å²) < 4.78 is 6.05. The van der Waals surface area contributed by atoms with Crippen LogP contribution in [-0.4, -0.2) is 61.0 Å². The van der Waals surface area contributed by atoms with E-state index in [4.69, 9.17) is 4.74 Å². The molecule has 3 heterocycles. The average molecular weight is 318 g/mol. The van der Waals surface area contributed by atoms with Crippen LogP contribution in [-0.2, 0) is 9.59 Å². The van der Waals surface area contributed by atoms with Gasteiger partial charge in [-0.25, -0.2) is 4.98 Å². The Hall–Kier alpha value is -2.31. The number of pyridine rings is 1. The summed E-state index contributed by atoms with van der Waals surface area (Å²) in [6.45, 7) is 1.21. The lowest BCUT2D eigenvalue weighted by Crippen LogP contribution is -2.44. The molecule has 1 aromatic heterocycles. The van der Waals surface area contributed by atoms with Crippen LogP contribution in [0.3, 0.4) is 0 Å². The molecule has 2 atom stereocenters. The molecule has 2 aliphatic rings. The SMILES string of the molecule is CN(C)c1ncccc1O[C@H]1CCN(C(=O)[C@@H]2CCC(=O)N2)C1. The third kappa shape index (κ3) is 3.38. The van der Waals surface area contributed by atoms with Crippen LogP contribution in [0.2, 0.25) is 0 Å². The summed E-state index contributed by atoms with van der Waals surface area (Å²) >= 11 is 0. The summed E-state index contributed by atoms with van der Waals surface area (Å²) in [5.74, 6) is 1.47. The van der Waals surface area contributed by atoms with Crippen molar-refractivity contribution in [3.63, 3.8) is 0 Å². The molecule has 0 saturated carbocycles. The molecule has 7 heteroatoms. The highest BCUT2D eigenvalue weighted by Crippen LogP contribution is 2.27. The Kier molecular flexibility index (Phi) is 4.36. The number of hydrogen-bond donors (Lipinski definition) is 1. The van der Waals surface area contributed by atoms with Crippen molar-refractivity contribution in [2.45, 2.75) is 31.4 Å². The minimum atomic E-state index is -0.364. The number of nitrogens with one attached hydrogen (secondary N) is 1. The number of carbonyl (C=O) groups is 2. The predicted molar refractivity (Wildman–Crippen MR) is 85.3 cm³/mol. The molecule has 1 N–H and O–H groups in total. The second-order valence-electron chi connectivity index (χ2n) is 6.19. The van der Waals surface area contributed by atoms with Gasteiger partial charge in [-0.05, 0) is 18.6 Å². The number of hydrogen-bond acceptors (Lipinski definition) is 5. The molecule has 2 aliphatic heterocycles. The van der Waals surface area contributed by atoms with Gasteiger partial charge in [0.2, 0.25) is 11.8 Å². The lowest BCUT2D eigenvalue weighted by molar-refractivity contribution is -0.133. The van der Waals surface area contributed by atoms with Gasteiger partial charge in [-0.15, -0.1) is 0 Å². The molecule has 124 valence electrons. The Labute approximate surface area is 135 Å². The zero-order valence-electron chi connectivity index (χ0n) is 13.5. The fraction of sp³-hybridized carbons (Fsp3) is 0.562. The minimum Gasteiger partial charge on any atom is -0.485 e. The van der Waals surface area contributed by atoms with Crippen molar-refractivity contribution in [1.82, 2.24) is 15.2 Å². The van der Waals surface area contributed by atoms with E-state index in [2.05, 4.69) is 10.3 Å². The number of carbonyl (C=O) groups excluding carboxylic acids is 2. The summed E-state index contributed by atoms with van der Waals surface area (Å²) in [5, 5.41) is 2.73. The largest absolute Gasteiger partial charge is 0.485 e. The van der Waals surface area contributed by atoms with Crippen LogP contribution >= 0.6 is 0 Å². The lowest BCUT2D eigenvalue weighted by atomic mass is 10.2. The van der Waals surface area contributed by atoms with Crippen molar-refractivity contribution in [2.24, 2.45) is 0 Å². The standard InChI is InChI=1S/C16H22N4O3/c1-19(2)15-13(4-3-8-17-15)23-11-7-9-20(10-11)16(22)12-5-6-14(21)18-12/h3-4,8,11-12H,5-7,9-10H2,1-2H3,(H,18,21)/t11-,12-/m0/s1. The van der Waals surface area contributed by atoms with E-state index in [9.17, 15) is 9.59 Å². The fourth-order valence-electron chi connectivity index (χ4n) is 3.03. The molecule has 23 heavy (non-hydrogen) atoms. The van der Waals surface area contributed by atoms with Gasteiger partial charge in [0.05, 0.1) is 6.54 Å². The zero-order chi connectivity index (χ0) is 16.4. The first-order valence-electron chi connectivity index (χ1n) is 7.91. The first-order chi connectivity index (χ1) is 11.0. The summed E-state index contributed by atoms with van der Waals surface area (Å²) in [6, 6.07) is 3.37. The molecular weight excluding hydrogens is 296 g/mol. The number of amides is 2. The molecule has 0 unspecified atom stereocenters. The molecule has 0 aromatic carbocycles. The molecule has 2 amide bonds. The molecular formula is C16H22N4O3. The van der Waals surface area contributed by atoms with Crippen LogP contribution < -0.4 is 15.0 Å². The average Bonchev–Trinajstić information content (AvgIpc) is 3.16. The van der Waals surface area contributed by atoms with Crippen molar-refractivity contribution >= 4 is 17.6 Å². The summed E-state index contributed by atoms with van der Waals surface area (Å²) in [6.07, 6.45) is 3.50. The predicted octanol–water partition coefficient (Wildman–Crippen LogP) is 0.406. The van der Waals surface area contributed by atoms with Gasteiger partial charge in [-0.2, -0.15) is 0 Å². The molecule has 0 aliphatic carbocycles. The van der Waals surface area contributed by atoms with Gasteiger partial charge < -0.3 is 19.9 Å². The molecule has 2 fully saturated rings. The van der Waals surface area contributed by atoms with Crippen molar-refractivity contribution in [3.8, 4) is 5.75 Å². The lowest BCUT2D eigenvalue weighted by Gasteiger charge is -2.22. The maximum atomic E-state index is 12.4. The molecule has 2 saturated heterocycles. The van der Waals surface area contributed by atoms with Gasteiger partial charge in [-0.1, -0.05) is 0 Å². The Morgan fingerprint density at radius 1 is 1.43 bits per heavy atom. The number of anilines is 1. The molecule has 0 spiro atoms. The van der Waals surface area contributed by atoms with E-state index in [1.54, 1.807) is 11.1 Å². The number of rotatable bonds is 4. The van der Waals surface area contributed by atoms with Crippen molar-refractivity contribution in [1.29, 1.82) is 0 Å². The van der Waals surface area contributed by atoms with Crippen LogP contribution in [0.25, 0.3) is 0 Å². The van der Waals surface area contributed by atoms with Crippen molar-refractivity contribution in [2.75, 3.05) is 32.1 Å². The number of nitrogens with zero attached hydrogens (tertiary/aromatic N) is 3. The molecule has 3 rings (SSSR count). The van der Waals surface area contributed by atoms with E-state index >= 15 is 0 Å². The van der Waals surface area contributed by atoms with Gasteiger partial charge in [0.25, 0.3) is 0 Å². The highest BCUT2D eigenvalue weighted by molar-refractivity contribution is 5.90. The van der Waals surface area contributed by atoms with E-state index in [0.717, 1.165) is 18.0 Å². The highest BCUT2D eigenvalue weighted by atomic mass is 16.5. The molecule has 7 nitrogen and oxygen atoms in total. The van der Waals surface area contributed by atoms with Gasteiger partial charge in [0, 0.05) is 39.7 Å². The Morgan fingerprint density at radius 3 is 2.96 bits per heavy atom. The Bertz CT molecular complexity index is 605.